The van der Waals surface area contributed by atoms with Gasteiger partial charge < -0.3 is 16.4 Å². The van der Waals surface area contributed by atoms with Crippen LogP contribution in [0.3, 0.4) is 0 Å². The summed E-state index contributed by atoms with van der Waals surface area (Å²) in [6.45, 7) is 8.40. The smallest absolute Gasteiger partial charge is 0.251 e. The van der Waals surface area contributed by atoms with Crippen LogP contribution in [0.4, 0.5) is 5.00 Å². The second-order valence-corrected chi connectivity index (χ2v) is 9.34. The molecule has 1 aliphatic heterocycles. The predicted molar refractivity (Wildman–Crippen MR) is 110 cm³/mol. The van der Waals surface area contributed by atoms with E-state index in [4.69, 9.17) is 5.73 Å². The summed E-state index contributed by atoms with van der Waals surface area (Å²) in [7, 11) is 0. The number of hydrogen-bond acceptors (Lipinski definition) is 4. The maximum absolute atomic E-state index is 12.5. The molecular formula is C21H27N3O2S. The summed E-state index contributed by atoms with van der Waals surface area (Å²) in [4.78, 5) is 25.7. The van der Waals surface area contributed by atoms with E-state index in [-0.39, 0.29) is 17.0 Å². The lowest BCUT2D eigenvalue weighted by Gasteiger charge is -2.42. The fourth-order valence-corrected chi connectivity index (χ4v) is 5.27. The molecule has 0 aliphatic carbocycles. The highest BCUT2D eigenvalue weighted by Gasteiger charge is 2.41. The number of thiophene rings is 1. The molecule has 2 heterocycles. The lowest BCUT2D eigenvalue weighted by atomic mass is 9.81. The average molecular weight is 386 g/mol. The standard InChI is InChI=1S/C21H27N3O2S/c1-20(2)12-14-16(18(22)26)19(27-17(14)21(3,4)24-20)23-15(25)11-10-13-8-6-5-7-9-13/h5-9,24H,10-12H2,1-4H3,(H2,22,26)(H,23,25). The van der Waals surface area contributed by atoms with Crippen LogP contribution in [0.15, 0.2) is 30.3 Å². The monoisotopic (exact) mass is 385 g/mol. The van der Waals surface area contributed by atoms with Gasteiger partial charge in [0.25, 0.3) is 5.91 Å². The van der Waals surface area contributed by atoms with Gasteiger partial charge in [0, 0.05) is 22.4 Å². The molecule has 6 heteroatoms. The summed E-state index contributed by atoms with van der Waals surface area (Å²) < 4.78 is 0. The number of nitrogens with one attached hydrogen (secondary N) is 2. The molecule has 0 bridgehead atoms. The minimum absolute atomic E-state index is 0.107. The maximum atomic E-state index is 12.5. The molecular weight excluding hydrogens is 358 g/mol. The molecule has 0 spiro atoms. The molecule has 1 aromatic carbocycles. The Balaban J connectivity index is 1.85. The van der Waals surface area contributed by atoms with Crippen LogP contribution in [0.2, 0.25) is 0 Å². The third kappa shape index (κ3) is 4.22. The van der Waals surface area contributed by atoms with Crippen molar-refractivity contribution in [2.45, 2.75) is 58.0 Å². The van der Waals surface area contributed by atoms with E-state index in [2.05, 4.69) is 38.3 Å². The number of rotatable bonds is 5. The Morgan fingerprint density at radius 3 is 2.48 bits per heavy atom. The van der Waals surface area contributed by atoms with Crippen LogP contribution in [-0.2, 0) is 23.2 Å². The molecule has 4 N–H and O–H groups in total. The second kappa shape index (κ2) is 7.09. The van der Waals surface area contributed by atoms with Gasteiger partial charge in [0.1, 0.15) is 5.00 Å². The largest absolute Gasteiger partial charge is 0.365 e. The summed E-state index contributed by atoms with van der Waals surface area (Å²) in [5, 5.41) is 7.12. The number of amides is 2. The molecule has 27 heavy (non-hydrogen) atoms. The van der Waals surface area contributed by atoms with Crippen LogP contribution in [0.25, 0.3) is 0 Å². The number of carbonyl (C=O) groups excluding carboxylic acids is 2. The highest BCUT2D eigenvalue weighted by atomic mass is 32.1. The van der Waals surface area contributed by atoms with Crippen molar-refractivity contribution in [3.63, 3.8) is 0 Å². The predicted octanol–water partition coefficient (Wildman–Crippen LogP) is 3.58. The second-order valence-electron chi connectivity index (χ2n) is 8.32. The van der Waals surface area contributed by atoms with Crippen molar-refractivity contribution in [1.82, 2.24) is 5.32 Å². The van der Waals surface area contributed by atoms with Gasteiger partial charge in [-0.1, -0.05) is 30.3 Å². The first-order valence-corrected chi connectivity index (χ1v) is 10.00. The zero-order valence-corrected chi connectivity index (χ0v) is 17.1. The Labute approximate surface area is 164 Å². The van der Waals surface area contributed by atoms with Gasteiger partial charge in [-0.2, -0.15) is 0 Å². The third-order valence-electron chi connectivity index (χ3n) is 4.83. The van der Waals surface area contributed by atoms with E-state index in [1.54, 1.807) is 0 Å². The van der Waals surface area contributed by atoms with Crippen molar-refractivity contribution >= 4 is 28.2 Å². The van der Waals surface area contributed by atoms with Crippen molar-refractivity contribution in [1.29, 1.82) is 0 Å². The van der Waals surface area contributed by atoms with Crippen LogP contribution in [0.5, 0.6) is 0 Å². The SMILES string of the molecule is CC1(C)Cc2c(sc(NC(=O)CCc3ccccc3)c2C(N)=O)C(C)(C)N1. The van der Waals surface area contributed by atoms with Gasteiger partial charge >= 0.3 is 0 Å². The summed E-state index contributed by atoms with van der Waals surface area (Å²) in [6.07, 6.45) is 1.71. The molecule has 0 radical (unpaired) electrons. The fourth-order valence-electron chi connectivity index (χ4n) is 3.97. The molecule has 1 aliphatic rings. The number of anilines is 1. The van der Waals surface area contributed by atoms with Crippen LogP contribution in [0, 0.1) is 0 Å². The number of primary amides is 1. The summed E-state index contributed by atoms with van der Waals surface area (Å²) in [5.41, 5.74) is 7.78. The highest BCUT2D eigenvalue weighted by Crippen LogP contribution is 2.44. The minimum Gasteiger partial charge on any atom is -0.365 e. The minimum atomic E-state index is -0.487. The molecule has 0 saturated heterocycles. The number of carbonyl (C=O) groups is 2. The Morgan fingerprint density at radius 1 is 1.19 bits per heavy atom. The molecule has 1 aromatic heterocycles. The van der Waals surface area contributed by atoms with Crippen molar-refractivity contribution in [2.75, 3.05) is 5.32 Å². The Hall–Kier alpha value is -2.18. The van der Waals surface area contributed by atoms with E-state index >= 15 is 0 Å². The zero-order chi connectivity index (χ0) is 19.8. The topological polar surface area (TPSA) is 84.2 Å². The van der Waals surface area contributed by atoms with Crippen LogP contribution in [-0.4, -0.2) is 17.4 Å². The number of benzene rings is 1. The van der Waals surface area contributed by atoms with E-state index in [0.717, 1.165) is 16.0 Å². The van der Waals surface area contributed by atoms with Gasteiger partial charge in [-0.15, -0.1) is 11.3 Å². The summed E-state index contributed by atoms with van der Waals surface area (Å²) in [6, 6.07) is 9.88. The van der Waals surface area contributed by atoms with E-state index in [9.17, 15) is 9.59 Å². The lowest BCUT2D eigenvalue weighted by Crippen LogP contribution is -2.55. The normalized spacial score (nSPS) is 17.2. The Bertz CT molecular complexity index is 869. The fraction of sp³-hybridized carbons (Fsp3) is 0.429. The quantitative estimate of drug-likeness (QED) is 0.735. The van der Waals surface area contributed by atoms with E-state index < -0.39 is 5.91 Å². The maximum Gasteiger partial charge on any atom is 0.251 e. The Kier molecular flexibility index (Phi) is 5.14. The van der Waals surface area contributed by atoms with Gasteiger partial charge in [-0.3, -0.25) is 9.59 Å². The zero-order valence-electron chi connectivity index (χ0n) is 16.3. The molecule has 2 amide bonds. The first kappa shape index (κ1) is 19.6. The average Bonchev–Trinajstić information content (AvgIpc) is 2.91. The van der Waals surface area contributed by atoms with Crippen molar-refractivity contribution in [3.05, 3.63) is 51.9 Å². The molecule has 0 unspecified atom stereocenters. The molecule has 144 valence electrons. The van der Waals surface area contributed by atoms with E-state index in [1.807, 2.05) is 30.3 Å². The number of fused-ring (bicyclic) bond motifs is 1. The van der Waals surface area contributed by atoms with Gasteiger partial charge in [-0.05, 0) is 51.7 Å². The molecule has 3 rings (SSSR count). The highest BCUT2D eigenvalue weighted by molar-refractivity contribution is 7.17. The van der Waals surface area contributed by atoms with Gasteiger partial charge in [0.15, 0.2) is 0 Å². The number of aryl methyl sites for hydroxylation is 1. The molecule has 2 aromatic rings. The molecule has 0 fully saturated rings. The molecule has 0 saturated carbocycles. The van der Waals surface area contributed by atoms with Gasteiger partial charge in [0.05, 0.1) is 5.56 Å². The van der Waals surface area contributed by atoms with E-state index in [1.165, 1.54) is 11.3 Å². The van der Waals surface area contributed by atoms with Crippen molar-refractivity contribution < 1.29 is 9.59 Å². The van der Waals surface area contributed by atoms with Gasteiger partial charge in [0.2, 0.25) is 5.91 Å². The first-order chi connectivity index (χ1) is 12.6. The third-order valence-corrected chi connectivity index (χ3v) is 6.30. The molecule has 5 nitrogen and oxygen atoms in total. The van der Waals surface area contributed by atoms with Crippen molar-refractivity contribution in [2.24, 2.45) is 5.73 Å². The van der Waals surface area contributed by atoms with Gasteiger partial charge in [-0.25, -0.2) is 0 Å². The van der Waals surface area contributed by atoms with Crippen molar-refractivity contribution in [3.8, 4) is 0 Å². The van der Waals surface area contributed by atoms with Crippen LogP contribution >= 0.6 is 11.3 Å². The lowest BCUT2D eigenvalue weighted by molar-refractivity contribution is -0.116. The summed E-state index contributed by atoms with van der Waals surface area (Å²) >= 11 is 1.45. The van der Waals surface area contributed by atoms with Crippen LogP contribution < -0.4 is 16.4 Å². The van der Waals surface area contributed by atoms with E-state index in [0.29, 0.717) is 29.8 Å². The van der Waals surface area contributed by atoms with Crippen LogP contribution in [0.1, 0.15) is 60.5 Å². The molecule has 0 atom stereocenters. The first-order valence-electron chi connectivity index (χ1n) is 9.18. The Morgan fingerprint density at radius 2 is 1.85 bits per heavy atom. The number of nitrogens with two attached hydrogens (primary N) is 1. The number of hydrogen-bond donors (Lipinski definition) is 3. The summed E-state index contributed by atoms with van der Waals surface area (Å²) in [5.74, 6) is -0.593.